The van der Waals surface area contributed by atoms with Crippen molar-refractivity contribution in [2.24, 2.45) is 0 Å². The van der Waals surface area contributed by atoms with Crippen LogP contribution in [0.2, 0.25) is 0 Å². The fourth-order valence-corrected chi connectivity index (χ4v) is 1.36. The predicted molar refractivity (Wildman–Crippen MR) is 57.3 cm³/mol. The van der Waals surface area contributed by atoms with Crippen LogP contribution in [-0.2, 0) is 4.79 Å². The molecule has 2 rings (SSSR count). The summed E-state index contributed by atoms with van der Waals surface area (Å²) in [6.45, 7) is -0.250. The van der Waals surface area contributed by atoms with Crippen molar-refractivity contribution in [1.29, 1.82) is 0 Å². The Morgan fingerprint density at radius 1 is 0.846 bits per heavy atom. The van der Waals surface area contributed by atoms with Gasteiger partial charge in [0.05, 0.1) is 0 Å². The summed E-state index contributed by atoms with van der Waals surface area (Å²) in [5.41, 5.74) is 0. The topological polar surface area (TPSA) is 37.3 Å². The first kappa shape index (κ1) is 11.9. The van der Waals surface area contributed by atoms with E-state index >= 15 is 0 Å². The van der Waals surface area contributed by atoms with Crippen molar-refractivity contribution in [3.8, 4) is 0 Å². The van der Waals surface area contributed by atoms with Gasteiger partial charge in [-0.25, -0.2) is 0 Å². The molecule has 0 aliphatic carbocycles. The number of hydrogen-bond donors (Lipinski definition) is 1. The van der Waals surface area contributed by atoms with Gasteiger partial charge >= 0.3 is 0 Å². The average Bonchev–Trinajstić information content (AvgIpc) is 2.85. The van der Waals surface area contributed by atoms with Crippen LogP contribution < -0.4 is 0 Å². The van der Waals surface area contributed by atoms with E-state index in [9.17, 15) is 0 Å². The predicted octanol–water partition coefficient (Wildman–Crippen LogP) is 3.20. The van der Waals surface area contributed by atoms with Crippen molar-refractivity contribution < 1.29 is 9.90 Å². The van der Waals surface area contributed by atoms with Crippen LogP contribution in [0.4, 0.5) is 0 Å². The Kier molecular flexibility index (Phi) is 9.93. The second-order valence-electron chi connectivity index (χ2n) is 1.69. The molecule has 2 aromatic rings. The lowest BCUT2D eigenvalue weighted by Crippen LogP contribution is -1.49. The molecule has 0 atom stereocenters. The van der Waals surface area contributed by atoms with Crippen molar-refractivity contribution >= 4 is 29.1 Å². The third kappa shape index (κ3) is 10.9. The van der Waals surface area contributed by atoms with E-state index in [-0.39, 0.29) is 6.47 Å². The Hall–Kier alpha value is -1.13. The maximum atomic E-state index is 8.36. The lowest BCUT2D eigenvalue weighted by atomic mass is 10.7. The van der Waals surface area contributed by atoms with E-state index in [1.165, 1.54) is 0 Å². The van der Waals surface area contributed by atoms with Gasteiger partial charge in [0.1, 0.15) is 0 Å². The monoisotopic (exact) mass is 214 g/mol. The van der Waals surface area contributed by atoms with Crippen molar-refractivity contribution in [2.75, 3.05) is 0 Å². The van der Waals surface area contributed by atoms with Gasteiger partial charge in [0, 0.05) is 0 Å². The molecular formula is C9H10O2S2. The fourth-order valence-electron chi connectivity index (χ4n) is 0.454. The molecule has 0 saturated carbocycles. The highest BCUT2D eigenvalue weighted by Gasteiger charge is 1.59. The summed E-state index contributed by atoms with van der Waals surface area (Å²) in [5, 5.41) is 15.1. The Bertz CT molecular complexity index is 190. The molecule has 0 aliphatic rings. The van der Waals surface area contributed by atoms with Gasteiger partial charge in [0.15, 0.2) is 0 Å². The molecule has 0 saturated heterocycles. The molecule has 0 aliphatic heterocycles. The van der Waals surface area contributed by atoms with E-state index in [0.717, 1.165) is 0 Å². The van der Waals surface area contributed by atoms with Crippen LogP contribution in [0.1, 0.15) is 0 Å². The molecule has 2 heterocycles. The van der Waals surface area contributed by atoms with Crippen LogP contribution in [-0.4, -0.2) is 11.6 Å². The van der Waals surface area contributed by atoms with Gasteiger partial charge in [-0.15, -0.1) is 0 Å². The van der Waals surface area contributed by atoms with Crippen LogP contribution in [0.5, 0.6) is 0 Å². The second kappa shape index (κ2) is 10.9. The highest BCUT2D eigenvalue weighted by molar-refractivity contribution is 7.08. The summed E-state index contributed by atoms with van der Waals surface area (Å²) in [6, 6.07) is 8.07. The van der Waals surface area contributed by atoms with Gasteiger partial charge in [0.2, 0.25) is 0 Å². The Morgan fingerprint density at radius 2 is 1.08 bits per heavy atom. The molecule has 0 spiro atoms. The van der Waals surface area contributed by atoms with E-state index in [4.69, 9.17) is 9.90 Å². The van der Waals surface area contributed by atoms with Gasteiger partial charge in [-0.05, 0) is 21.5 Å². The first-order valence-electron chi connectivity index (χ1n) is 3.44. The molecule has 0 bridgehead atoms. The third-order valence-electron chi connectivity index (χ3n) is 0.851. The lowest BCUT2D eigenvalue weighted by molar-refractivity contribution is -0.122. The van der Waals surface area contributed by atoms with Crippen molar-refractivity contribution in [2.45, 2.75) is 0 Å². The zero-order valence-electron chi connectivity index (χ0n) is 6.87. The van der Waals surface area contributed by atoms with Gasteiger partial charge in [-0.1, -0.05) is 24.3 Å². The average molecular weight is 214 g/mol. The summed E-state index contributed by atoms with van der Waals surface area (Å²) in [5.74, 6) is 0. The highest BCUT2D eigenvalue weighted by atomic mass is 32.1. The smallest absolute Gasteiger partial charge is 0.290 e. The van der Waals surface area contributed by atoms with E-state index < -0.39 is 0 Å². The number of thiophene rings is 2. The summed E-state index contributed by atoms with van der Waals surface area (Å²) in [4.78, 5) is 8.36. The summed E-state index contributed by atoms with van der Waals surface area (Å²) < 4.78 is 0. The molecule has 2 nitrogen and oxygen atoms in total. The number of carbonyl (C=O) groups is 1. The normalized spacial score (nSPS) is 7.08. The van der Waals surface area contributed by atoms with E-state index in [1.807, 2.05) is 45.8 Å². The first-order chi connectivity index (χ1) is 6.41. The van der Waals surface area contributed by atoms with Crippen LogP contribution in [0.3, 0.4) is 0 Å². The zero-order valence-corrected chi connectivity index (χ0v) is 8.50. The summed E-state index contributed by atoms with van der Waals surface area (Å²) in [7, 11) is 0. The number of hydrogen-bond acceptors (Lipinski definition) is 3. The Morgan fingerprint density at radius 3 is 1.15 bits per heavy atom. The highest BCUT2D eigenvalue weighted by Crippen LogP contribution is 1.92. The number of rotatable bonds is 0. The largest absolute Gasteiger partial charge is 0.483 e. The SMILES string of the molecule is O=CO.c1ccsc1.c1ccsc1. The molecule has 4 heteroatoms. The first-order valence-corrected chi connectivity index (χ1v) is 5.32. The minimum Gasteiger partial charge on any atom is -0.483 e. The van der Waals surface area contributed by atoms with Crippen LogP contribution in [0.15, 0.2) is 45.8 Å². The maximum absolute atomic E-state index is 8.36. The maximum Gasteiger partial charge on any atom is 0.290 e. The molecule has 0 aromatic carbocycles. The molecule has 2 aromatic heterocycles. The molecular weight excluding hydrogens is 204 g/mol. The standard InChI is InChI=1S/2C4H4S.CH2O2/c2*1-2-4-5-3-1;2-1-3/h2*1-4H;1H,(H,2,3). The molecule has 1 N–H and O–H groups in total. The molecule has 0 fully saturated rings. The van der Waals surface area contributed by atoms with Gasteiger partial charge in [-0.3, -0.25) is 4.79 Å². The van der Waals surface area contributed by atoms with E-state index in [2.05, 4.69) is 0 Å². The summed E-state index contributed by atoms with van der Waals surface area (Å²) >= 11 is 3.43. The molecule has 70 valence electrons. The van der Waals surface area contributed by atoms with Crippen molar-refractivity contribution in [1.82, 2.24) is 0 Å². The van der Waals surface area contributed by atoms with Gasteiger partial charge in [-0.2, -0.15) is 22.7 Å². The molecule has 0 radical (unpaired) electrons. The zero-order chi connectivity index (χ0) is 9.78. The van der Waals surface area contributed by atoms with Crippen LogP contribution >= 0.6 is 22.7 Å². The van der Waals surface area contributed by atoms with Gasteiger partial charge < -0.3 is 5.11 Å². The van der Waals surface area contributed by atoms with Crippen molar-refractivity contribution in [3.05, 3.63) is 45.8 Å². The fraction of sp³-hybridized carbons (Fsp3) is 0. The lowest BCUT2D eigenvalue weighted by Gasteiger charge is -1.39. The van der Waals surface area contributed by atoms with Gasteiger partial charge in [0.25, 0.3) is 6.47 Å². The van der Waals surface area contributed by atoms with E-state index in [1.54, 1.807) is 22.7 Å². The van der Waals surface area contributed by atoms with Crippen molar-refractivity contribution in [3.63, 3.8) is 0 Å². The Balaban J connectivity index is 0.000000174. The minimum atomic E-state index is -0.250. The number of carboxylic acid groups (broad SMARTS) is 1. The molecule has 0 amide bonds. The second-order valence-corrected chi connectivity index (χ2v) is 3.32. The minimum absolute atomic E-state index is 0.250. The van der Waals surface area contributed by atoms with Crippen LogP contribution in [0, 0.1) is 0 Å². The van der Waals surface area contributed by atoms with E-state index in [0.29, 0.717) is 0 Å². The third-order valence-corrected chi connectivity index (χ3v) is 2.11. The Labute approximate surface area is 85.1 Å². The van der Waals surface area contributed by atoms with Crippen LogP contribution in [0.25, 0.3) is 0 Å². The molecule has 0 unspecified atom stereocenters. The summed E-state index contributed by atoms with van der Waals surface area (Å²) in [6.07, 6.45) is 0. The molecule has 13 heavy (non-hydrogen) atoms. The quantitative estimate of drug-likeness (QED) is 0.684.